The lowest BCUT2D eigenvalue weighted by atomic mass is 10.2. The molecule has 114 valence electrons. The smallest absolute Gasteiger partial charge is 0.265 e. The number of aromatic nitrogens is 3. The molecule has 0 spiro atoms. The van der Waals surface area contributed by atoms with E-state index in [0.717, 1.165) is 16.5 Å². The van der Waals surface area contributed by atoms with Crippen LogP contribution in [0, 0.1) is 0 Å². The Hall–Kier alpha value is -2.93. The van der Waals surface area contributed by atoms with E-state index in [2.05, 4.69) is 15.3 Å². The van der Waals surface area contributed by atoms with Crippen LogP contribution in [0.3, 0.4) is 0 Å². The summed E-state index contributed by atoms with van der Waals surface area (Å²) in [6, 6.07) is 7.43. The second kappa shape index (κ2) is 5.36. The number of carbonyl (C=O) groups is 1. The van der Waals surface area contributed by atoms with Crippen molar-refractivity contribution in [2.75, 3.05) is 0 Å². The topological polar surface area (TPSA) is 79.3 Å². The summed E-state index contributed by atoms with van der Waals surface area (Å²) in [5.74, 6) is -0.184. The van der Waals surface area contributed by atoms with Crippen LogP contribution in [0.4, 0.5) is 0 Å². The molecule has 0 saturated carbocycles. The van der Waals surface area contributed by atoms with Crippen molar-refractivity contribution in [3.63, 3.8) is 0 Å². The molecule has 0 bridgehead atoms. The number of H-pyrrole nitrogens is 1. The Kier molecular flexibility index (Phi) is 3.20. The van der Waals surface area contributed by atoms with Crippen molar-refractivity contribution in [1.29, 1.82) is 0 Å². The Morgan fingerprint density at radius 3 is 3.13 bits per heavy atom. The maximum atomic E-state index is 12.3. The summed E-state index contributed by atoms with van der Waals surface area (Å²) in [5, 5.41) is 3.66. The third-order valence-corrected chi connectivity index (χ3v) is 4.74. The second-order valence-electron chi connectivity index (χ2n) is 5.15. The van der Waals surface area contributed by atoms with E-state index < -0.39 is 0 Å². The van der Waals surface area contributed by atoms with Gasteiger partial charge < -0.3 is 14.7 Å². The van der Waals surface area contributed by atoms with E-state index in [9.17, 15) is 9.59 Å². The van der Waals surface area contributed by atoms with Crippen LogP contribution in [0.5, 0.6) is 0 Å². The van der Waals surface area contributed by atoms with Gasteiger partial charge in [-0.1, -0.05) is 6.07 Å². The third-order valence-electron chi connectivity index (χ3n) is 3.59. The van der Waals surface area contributed by atoms with Gasteiger partial charge in [0, 0.05) is 24.3 Å². The number of nitrogens with one attached hydrogen (secondary N) is 2. The molecule has 0 aromatic carbocycles. The fourth-order valence-electron chi connectivity index (χ4n) is 2.43. The van der Waals surface area contributed by atoms with Crippen molar-refractivity contribution in [2.24, 2.45) is 0 Å². The van der Waals surface area contributed by atoms with Crippen molar-refractivity contribution in [2.45, 2.75) is 6.54 Å². The van der Waals surface area contributed by atoms with Gasteiger partial charge in [0.05, 0.1) is 22.9 Å². The maximum absolute atomic E-state index is 12.3. The van der Waals surface area contributed by atoms with Crippen LogP contribution in [0.15, 0.2) is 54.0 Å². The first-order valence-electron chi connectivity index (χ1n) is 7.01. The Bertz CT molecular complexity index is 1080. The third kappa shape index (κ3) is 2.51. The van der Waals surface area contributed by atoms with Gasteiger partial charge in [-0.05, 0) is 23.8 Å². The van der Waals surface area contributed by atoms with Crippen LogP contribution in [0.25, 0.3) is 15.6 Å². The molecule has 0 aliphatic carbocycles. The number of hydrogen-bond acceptors (Lipinski definition) is 4. The second-order valence-corrected chi connectivity index (χ2v) is 6.20. The molecule has 6 nitrogen and oxygen atoms in total. The first-order chi connectivity index (χ1) is 11.2. The SMILES string of the molecule is O=C(NCc1ccc2cncn2c1)c1cc2cc[nH]c(=O)c2s1. The van der Waals surface area contributed by atoms with Gasteiger partial charge in [0.15, 0.2) is 0 Å². The highest BCUT2D eigenvalue weighted by atomic mass is 32.1. The number of imidazole rings is 1. The van der Waals surface area contributed by atoms with Gasteiger partial charge in [-0.25, -0.2) is 4.98 Å². The first-order valence-corrected chi connectivity index (χ1v) is 7.82. The minimum Gasteiger partial charge on any atom is -0.347 e. The molecule has 0 radical (unpaired) electrons. The number of aromatic amines is 1. The monoisotopic (exact) mass is 324 g/mol. The van der Waals surface area contributed by atoms with E-state index in [1.165, 1.54) is 11.3 Å². The average Bonchev–Trinajstić information content (AvgIpc) is 3.19. The van der Waals surface area contributed by atoms with Crippen LogP contribution in [0.1, 0.15) is 15.2 Å². The number of fused-ring (bicyclic) bond motifs is 2. The summed E-state index contributed by atoms with van der Waals surface area (Å²) < 4.78 is 2.47. The lowest BCUT2D eigenvalue weighted by Gasteiger charge is -2.04. The molecule has 1 amide bonds. The minimum absolute atomic E-state index is 0.169. The normalized spacial score (nSPS) is 11.1. The number of thiophene rings is 1. The van der Waals surface area contributed by atoms with Crippen molar-refractivity contribution in [1.82, 2.24) is 19.7 Å². The highest BCUT2D eigenvalue weighted by Gasteiger charge is 2.11. The summed E-state index contributed by atoms with van der Waals surface area (Å²) in [6.07, 6.45) is 7.01. The molecule has 4 aromatic rings. The zero-order valence-electron chi connectivity index (χ0n) is 11.9. The van der Waals surface area contributed by atoms with Crippen molar-refractivity contribution in [3.8, 4) is 0 Å². The lowest BCUT2D eigenvalue weighted by molar-refractivity contribution is 0.0955. The number of hydrogen-bond donors (Lipinski definition) is 2. The van der Waals surface area contributed by atoms with Crippen LogP contribution < -0.4 is 10.9 Å². The van der Waals surface area contributed by atoms with Crippen molar-refractivity contribution < 1.29 is 4.79 Å². The highest BCUT2D eigenvalue weighted by molar-refractivity contribution is 7.20. The van der Waals surface area contributed by atoms with E-state index in [4.69, 9.17) is 0 Å². The molecule has 7 heteroatoms. The first kappa shape index (κ1) is 13.7. The molecule has 0 aliphatic rings. The van der Waals surface area contributed by atoms with Gasteiger partial charge in [-0.2, -0.15) is 0 Å². The fourth-order valence-corrected chi connectivity index (χ4v) is 3.40. The van der Waals surface area contributed by atoms with Gasteiger partial charge >= 0.3 is 0 Å². The molecule has 23 heavy (non-hydrogen) atoms. The Morgan fingerprint density at radius 2 is 2.26 bits per heavy atom. The molecule has 4 heterocycles. The number of carbonyl (C=O) groups excluding carboxylic acids is 1. The van der Waals surface area contributed by atoms with E-state index >= 15 is 0 Å². The fraction of sp³-hybridized carbons (Fsp3) is 0.0625. The predicted octanol–water partition coefficient (Wildman–Crippen LogP) is 2.17. The molecule has 0 fully saturated rings. The zero-order valence-corrected chi connectivity index (χ0v) is 12.8. The van der Waals surface area contributed by atoms with Gasteiger partial charge in [-0.15, -0.1) is 11.3 Å². The molecular weight excluding hydrogens is 312 g/mol. The highest BCUT2D eigenvalue weighted by Crippen LogP contribution is 2.21. The summed E-state index contributed by atoms with van der Waals surface area (Å²) in [6.45, 7) is 0.414. The molecule has 4 rings (SSSR count). The number of pyridine rings is 2. The summed E-state index contributed by atoms with van der Waals surface area (Å²) in [4.78, 5) is 31.2. The van der Waals surface area contributed by atoms with Crippen LogP contribution >= 0.6 is 11.3 Å². The van der Waals surface area contributed by atoms with Gasteiger partial charge in [0.2, 0.25) is 0 Å². The Morgan fingerprint density at radius 1 is 1.35 bits per heavy atom. The molecule has 4 aromatic heterocycles. The summed E-state index contributed by atoms with van der Waals surface area (Å²) in [5.41, 5.74) is 1.81. The molecule has 0 aliphatic heterocycles. The van der Waals surface area contributed by atoms with Gasteiger partial charge in [-0.3, -0.25) is 9.59 Å². The van der Waals surface area contributed by atoms with Gasteiger partial charge in [0.1, 0.15) is 4.70 Å². The number of nitrogens with zero attached hydrogens (tertiary/aromatic N) is 2. The van der Waals surface area contributed by atoms with Crippen molar-refractivity contribution >= 4 is 32.8 Å². The predicted molar refractivity (Wildman–Crippen MR) is 88.8 cm³/mol. The maximum Gasteiger partial charge on any atom is 0.265 e. The largest absolute Gasteiger partial charge is 0.347 e. The lowest BCUT2D eigenvalue weighted by Crippen LogP contribution is -2.21. The minimum atomic E-state index is -0.184. The van der Waals surface area contributed by atoms with Crippen LogP contribution in [0.2, 0.25) is 0 Å². The van der Waals surface area contributed by atoms with Crippen LogP contribution in [-0.2, 0) is 6.54 Å². The van der Waals surface area contributed by atoms with Crippen molar-refractivity contribution in [3.05, 3.63) is 70.0 Å². The standard InChI is InChI=1S/C16H12N4O2S/c21-15(13-5-11-3-4-18-16(22)14(11)23-13)19-6-10-1-2-12-7-17-9-20(12)8-10/h1-5,7-9H,6H2,(H,18,22)(H,19,21). The molecule has 0 unspecified atom stereocenters. The molecule has 0 saturated heterocycles. The van der Waals surface area contributed by atoms with E-state index in [1.807, 2.05) is 22.7 Å². The van der Waals surface area contributed by atoms with E-state index in [1.54, 1.807) is 30.9 Å². The summed E-state index contributed by atoms with van der Waals surface area (Å²) >= 11 is 1.20. The Balaban J connectivity index is 1.54. The number of amides is 1. The quantitative estimate of drug-likeness (QED) is 0.606. The average molecular weight is 324 g/mol. The van der Waals surface area contributed by atoms with E-state index in [-0.39, 0.29) is 11.5 Å². The number of rotatable bonds is 3. The summed E-state index contributed by atoms with van der Waals surface area (Å²) in [7, 11) is 0. The van der Waals surface area contributed by atoms with Gasteiger partial charge in [0.25, 0.3) is 11.5 Å². The molecule has 0 atom stereocenters. The van der Waals surface area contributed by atoms with E-state index in [0.29, 0.717) is 16.1 Å². The zero-order chi connectivity index (χ0) is 15.8. The molecular formula is C16H12N4O2S. The van der Waals surface area contributed by atoms with Crippen LogP contribution in [-0.4, -0.2) is 20.3 Å². The molecule has 2 N–H and O–H groups in total. The Labute approximate surface area is 134 Å².